The third-order valence-corrected chi connectivity index (χ3v) is 5.10. The Bertz CT molecular complexity index is 766. The van der Waals surface area contributed by atoms with Gasteiger partial charge in [0, 0.05) is 0 Å². The minimum absolute atomic E-state index is 0.0237. The molecule has 144 valence electrons. The van der Waals surface area contributed by atoms with E-state index >= 15 is 0 Å². The number of nitrogens with one attached hydrogen (secondary N) is 3. The molecule has 3 N–H and O–H groups in total. The molecule has 5 nitrogen and oxygen atoms in total. The maximum absolute atomic E-state index is 13.5. The zero-order valence-electron chi connectivity index (χ0n) is 15.1. The number of carbonyl (C=O) groups is 1. The lowest BCUT2D eigenvalue weighted by atomic mass is 10.3. The second-order valence-electron chi connectivity index (χ2n) is 6.73. The number of rotatable bonds is 7. The van der Waals surface area contributed by atoms with Gasteiger partial charge in [0.25, 0.3) is 5.91 Å². The van der Waals surface area contributed by atoms with E-state index in [1.54, 1.807) is 30.3 Å². The number of para-hydroxylation sites is 2. The first kappa shape index (κ1) is 19.6. The fraction of sp³-hybridized carbons (Fsp3) is 0.350. The van der Waals surface area contributed by atoms with E-state index in [0.29, 0.717) is 29.6 Å². The molecule has 1 aliphatic heterocycles. The molecule has 0 saturated carbocycles. The van der Waals surface area contributed by atoms with Crippen LogP contribution >= 0.6 is 11.6 Å². The van der Waals surface area contributed by atoms with Crippen LogP contribution in [0, 0.1) is 5.82 Å². The van der Waals surface area contributed by atoms with E-state index in [0.717, 1.165) is 32.7 Å². The summed E-state index contributed by atoms with van der Waals surface area (Å²) in [7, 11) is 0. The number of amides is 1. The van der Waals surface area contributed by atoms with Gasteiger partial charge < -0.3 is 19.9 Å². The summed E-state index contributed by atoms with van der Waals surface area (Å²) in [6, 6.07) is 13.7. The Labute approximate surface area is 163 Å². The Balaban J connectivity index is 1.36. The van der Waals surface area contributed by atoms with E-state index in [4.69, 9.17) is 16.3 Å². The fourth-order valence-corrected chi connectivity index (χ4v) is 3.42. The van der Waals surface area contributed by atoms with Gasteiger partial charge in [-0.1, -0.05) is 35.9 Å². The van der Waals surface area contributed by atoms with Crippen molar-refractivity contribution in [2.75, 3.05) is 51.2 Å². The van der Waals surface area contributed by atoms with Crippen LogP contribution in [0.25, 0.3) is 0 Å². The smallest absolute Gasteiger partial charge is 0.279 e. The average Bonchev–Trinajstić information content (AvgIpc) is 2.66. The molecule has 0 aliphatic carbocycles. The molecule has 1 fully saturated rings. The first-order valence-electron chi connectivity index (χ1n) is 9.20. The maximum Gasteiger partial charge on any atom is 0.279 e. The van der Waals surface area contributed by atoms with Gasteiger partial charge in [0.05, 0.1) is 10.7 Å². The van der Waals surface area contributed by atoms with Crippen LogP contribution in [0.1, 0.15) is 0 Å². The molecule has 0 radical (unpaired) electrons. The summed E-state index contributed by atoms with van der Waals surface area (Å²) in [6.45, 7) is 5.52. The maximum atomic E-state index is 13.5. The quantitative estimate of drug-likeness (QED) is 0.633. The summed E-state index contributed by atoms with van der Waals surface area (Å²) >= 11 is 6.07. The number of hydrogen-bond acceptors (Lipinski definition) is 2. The van der Waals surface area contributed by atoms with Crippen LogP contribution in [0.15, 0.2) is 48.5 Å². The van der Waals surface area contributed by atoms with E-state index in [-0.39, 0.29) is 11.7 Å². The average molecular weight is 394 g/mol. The van der Waals surface area contributed by atoms with Crippen molar-refractivity contribution in [2.45, 2.75) is 0 Å². The Kier molecular flexibility index (Phi) is 7.04. The SMILES string of the molecule is O=C(C[NH+]1CC[NH+](CCOc2ccccc2F)CC1)Nc1ccccc1Cl. The van der Waals surface area contributed by atoms with Crippen molar-refractivity contribution >= 4 is 23.2 Å². The molecule has 3 rings (SSSR count). The number of anilines is 1. The third kappa shape index (κ3) is 5.92. The van der Waals surface area contributed by atoms with Gasteiger partial charge in [-0.15, -0.1) is 0 Å². The molecular weight excluding hydrogens is 369 g/mol. The number of piperazine rings is 1. The number of halogens is 2. The van der Waals surface area contributed by atoms with Gasteiger partial charge in [0.2, 0.25) is 0 Å². The van der Waals surface area contributed by atoms with Crippen LogP contribution in [0.4, 0.5) is 10.1 Å². The van der Waals surface area contributed by atoms with Crippen molar-refractivity contribution in [3.63, 3.8) is 0 Å². The summed E-state index contributed by atoms with van der Waals surface area (Å²) < 4.78 is 19.1. The summed E-state index contributed by atoms with van der Waals surface area (Å²) in [5.74, 6) is -0.0480. The normalized spacial score (nSPS) is 19.5. The van der Waals surface area contributed by atoms with Crippen LogP contribution in [-0.2, 0) is 4.79 Å². The second-order valence-corrected chi connectivity index (χ2v) is 7.14. The highest BCUT2D eigenvalue weighted by atomic mass is 35.5. The highest BCUT2D eigenvalue weighted by Crippen LogP contribution is 2.19. The fourth-order valence-electron chi connectivity index (χ4n) is 3.24. The number of ether oxygens (including phenoxy) is 1. The van der Waals surface area contributed by atoms with Gasteiger partial charge in [-0.05, 0) is 24.3 Å². The Morgan fingerprint density at radius 2 is 1.70 bits per heavy atom. The van der Waals surface area contributed by atoms with Crippen molar-refractivity contribution < 1.29 is 23.7 Å². The highest BCUT2D eigenvalue weighted by molar-refractivity contribution is 6.33. The summed E-state index contributed by atoms with van der Waals surface area (Å²) in [5.41, 5.74) is 0.651. The first-order chi connectivity index (χ1) is 13.1. The van der Waals surface area contributed by atoms with E-state index < -0.39 is 0 Å². The van der Waals surface area contributed by atoms with Crippen LogP contribution < -0.4 is 19.9 Å². The van der Waals surface area contributed by atoms with Crippen LogP contribution in [0.2, 0.25) is 5.02 Å². The van der Waals surface area contributed by atoms with E-state index in [2.05, 4.69) is 5.32 Å². The van der Waals surface area contributed by atoms with E-state index in [9.17, 15) is 9.18 Å². The predicted molar refractivity (Wildman–Crippen MR) is 103 cm³/mol. The molecule has 0 aromatic heterocycles. The van der Waals surface area contributed by atoms with Crippen molar-refractivity contribution in [1.29, 1.82) is 0 Å². The standard InChI is InChI=1S/C20H23ClFN3O2/c21-16-5-1-3-7-18(16)23-20(26)15-25-11-9-24(10-12-25)13-14-27-19-8-4-2-6-17(19)22/h1-8H,9-15H2,(H,23,26)/p+2. The Morgan fingerprint density at radius 1 is 1.04 bits per heavy atom. The Morgan fingerprint density at radius 3 is 2.44 bits per heavy atom. The van der Waals surface area contributed by atoms with Crippen molar-refractivity contribution in [1.82, 2.24) is 0 Å². The molecule has 0 unspecified atom stereocenters. The van der Waals surface area contributed by atoms with E-state index in [1.807, 2.05) is 12.1 Å². The minimum atomic E-state index is -0.328. The molecule has 1 amide bonds. The number of carbonyl (C=O) groups excluding carboxylic acids is 1. The van der Waals surface area contributed by atoms with E-state index in [1.165, 1.54) is 15.9 Å². The molecule has 1 saturated heterocycles. The van der Waals surface area contributed by atoms with Gasteiger partial charge in [0.1, 0.15) is 39.3 Å². The van der Waals surface area contributed by atoms with Crippen LogP contribution in [0.3, 0.4) is 0 Å². The summed E-state index contributed by atoms with van der Waals surface area (Å²) in [6.07, 6.45) is 0. The van der Waals surface area contributed by atoms with Gasteiger partial charge in [0.15, 0.2) is 18.1 Å². The van der Waals surface area contributed by atoms with Gasteiger partial charge in [-0.2, -0.15) is 0 Å². The summed E-state index contributed by atoms with van der Waals surface area (Å²) in [4.78, 5) is 14.9. The largest absolute Gasteiger partial charge is 0.485 e. The molecule has 2 aromatic carbocycles. The van der Waals surface area contributed by atoms with Crippen molar-refractivity contribution in [3.05, 3.63) is 59.4 Å². The topological polar surface area (TPSA) is 47.2 Å². The summed E-state index contributed by atoms with van der Waals surface area (Å²) in [5, 5.41) is 3.42. The minimum Gasteiger partial charge on any atom is -0.485 e. The Hall–Kier alpha value is -2.15. The molecule has 0 atom stereocenters. The third-order valence-electron chi connectivity index (χ3n) is 4.77. The number of hydrogen-bond donors (Lipinski definition) is 3. The molecule has 7 heteroatoms. The van der Waals surface area contributed by atoms with Crippen LogP contribution in [0.5, 0.6) is 5.75 Å². The van der Waals surface area contributed by atoms with Gasteiger partial charge in [-0.3, -0.25) is 4.79 Å². The first-order valence-corrected chi connectivity index (χ1v) is 9.58. The second kappa shape index (κ2) is 9.69. The molecule has 27 heavy (non-hydrogen) atoms. The molecule has 0 spiro atoms. The van der Waals surface area contributed by atoms with Crippen LogP contribution in [-0.4, -0.2) is 51.8 Å². The lowest BCUT2D eigenvalue weighted by molar-refractivity contribution is -1.01. The molecule has 2 aromatic rings. The predicted octanol–water partition coefficient (Wildman–Crippen LogP) is 0.280. The monoisotopic (exact) mass is 393 g/mol. The lowest BCUT2D eigenvalue weighted by Crippen LogP contribution is -3.28. The molecular formula is C20H25ClFN3O2+2. The molecule has 1 heterocycles. The zero-order chi connectivity index (χ0) is 19.1. The lowest BCUT2D eigenvalue weighted by Gasteiger charge is -2.29. The van der Waals surface area contributed by atoms with Gasteiger partial charge >= 0.3 is 0 Å². The molecule has 1 aliphatic rings. The van der Waals surface area contributed by atoms with Crippen molar-refractivity contribution in [3.8, 4) is 5.75 Å². The number of benzene rings is 2. The number of quaternary nitrogens is 2. The highest BCUT2D eigenvalue weighted by Gasteiger charge is 2.24. The van der Waals surface area contributed by atoms with Crippen molar-refractivity contribution in [2.24, 2.45) is 0 Å². The molecule has 0 bridgehead atoms. The zero-order valence-corrected chi connectivity index (χ0v) is 15.9. The van der Waals surface area contributed by atoms with Gasteiger partial charge in [-0.25, -0.2) is 4.39 Å².